The van der Waals surface area contributed by atoms with Crippen LogP contribution in [0, 0.1) is 0 Å². The van der Waals surface area contributed by atoms with E-state index in [0.717, 1.165) is 16.5 Å². The van der Waals surface area contributed by atoms with Crippen LogP contribution in [-0.2, 0) is 0 Å². The predicted octanol–water partition coefficient (Wildman–Crippen LogP) is 0.518. The van der Waals surface area contributed by atoms with Gasteiger partial charge in [0, 0.05) is 0 Å². The molecule has 0 heterocycles. The van der Waals surface area contributed by atoms with E-state index in [1.54, 1.807) is 0 Å². The van der Waals surface area contributed by atoms with Gasteiger partial charge in [-0.2, -0.15) is 0 Å². The largest absolute Gasteiger partial charge is 1.00 e. The van der Waals surface area contributed by atoms with Crippen molar-refractivity contribution in [3.8, 4) is 0 Å². The van der Waals surface area contributed by atoms with Gasteiger partial charge in [-0.25, -0.2) is 0 Å². The van der Waals surface area contributed by atoms with Gasteiger partial charge in [-0.1, -0.05) is 0 Å². The second-order valence-corrected chi connectivity index (χ2v) is 3.10. The molecule has 0 aliphatic heterocycles. The summed E-state index contributed by atoms with van der Waals surface area (Å²) in [6, 6.07) is 0. The van der Waals surface area contributed by atoms with Crippen molar-refractivity contribution in [3.63, 3.8) is 0 Å². The predicted molar refractivity (Wildman–Crippen MR) is 28.4 cm³/mol. The molecular weight excluding hydrogens is 109 g/mol. The Hall–Kier alpha value is 0.543. The van der Waals surface area contributed by atoms with Crippen LogP contribution in [-0.4, -0.2) is 16.5 Å². The summed E-state index contributed by atoms with van der Waals surface area (Å²) >= 11 is 1.11. The van der Waals surface area contributed by atoms with Crippen molar-refractivity contribution in [2.24, 2.45) is 0 Å². The molecule has 0 N–H and O–H groups in total. The molecule has 4 heavy (non-hydrogen) atoms. The van der Waals surface area contributed by atoms with Crippen molar-refractivity contribution in [1.82, 2.24) is 0 Å². The van der Waals surface area contributed by atoms with Crippen LogP contribution in [0.4, 0.5) is 0 Å². The maximum atomic E-state index is 2.23. The molecule has 0 aromatic heterocycles. The van der Waals surface area contributed by atoms with Gasteiger partial charge in [-0.05, 0) is 0 Å². The summed E-state index contributed by atoms with van der Waals surface area (Å²) in [5, 5.41) is 1.51. The fourth-order valence-electron chi connectivity index (χ4n) is 0. The zero-order valence-electron chi connectivity index (χ0n) is 6.41. The Kier molecular flexibility index (Phi) is 4.02. The van der Waals surface area contributed by atoms with Gasteiger partial charge in [0.25, 0.3) is 0 Å². The SMILES string of the molecule is CC[CH2][GeH3].[H-].[H-].[H-]. The van der Waals surface area contributed by atoms with Gasteiger partial charge < -0.3 is 4.28 Å². The summed E-state index contributed by atoms with van der Waals surface area (Å²) in [6.07, 6.45) is 1.40. The Morgan fingerprint density at radius 2 is 2.25 bits per heavy atom. The maximum absolute atomic E-state index is 2.23. The molecule has 0 aliphatic carbocycles. The molecule has 0 bridgehead atoms. The standard InChI is InChI=1S/C3H10Ge.3H/c1-2-3-4;;;/h2-3H2,1,4H3;;;/q;3*-1. The van der Waals surface area contributed by atoms with E-state index in [1.807, 2.05) is 0 Å². The summed E-state index contributed by atoms with van der Waals surface area (Å²) < 4.78 is 0. The molecule has 0 aromatic rings. The van der Waals surface area contributed by atoms with Gasteiger partial charge in [0.15, 0.2) is 0 Å². The molecule has 32 valence electrons. The Morgan fingerprint density at radius 1 is 2.00 bits per heavy atom. The fourth-order valence-corrected chi connectivity index (χ4v) is 0. The minimum Gasteiger partial charge on any atom is -1.00 e. The third-order valence-electron chi connectivity index (χ3n) is 0.500. The Balaban J connectivity index is -0.0000000150. The summed E-state index contributed by atoms with van der Waals surface area (Å²) in [7, 11) is 0. The number of hydrogen-bond donors (Lipinski definition) is 0. The van der Waals surface area contributed by atoms with Crippen LogP contribution in [0.3, 0.4) is 0 Å². The van der Waals surface area contributed by atoms with E-state index in [9.17, 15) is 0 Å². The molecule has 0 aliphatic rings. The maximum Gasteiger partial charge on any atom is -1.00 e. The quantitative estimate of drug-likeness (QED) is 0.444. The molecular formula is C3H13Ge-3. The topological polar surface area (TPSA) is 0 Å². The molecule has 0 aromatic carbocycles. The van der Waals surface area contributed by atoms with E-state index >= 15 is 0 Å². The molecule has 0 rings (SSSR count). The van der Waals surface area contributed by atoms with Crippen LogP contribution in [0.2, 0.25) is 5.25 Å². The minimum absolute atomic E-state index is 0. The van der Waals surface area contributed by atoms with E-state index in [1.165, 1.54) is 11.7 Å². The first kappa shape index (κ1) is 4.54. The van der Waals surface area contributed by atoms with Crippen molar-refractivity contribution < 1.29 is 4.28 Å². The monoisotopic (exact) mass is 123 g/mol. The fraction of sp³-hybridized carbons (Fsp3) is 1.00. The Bertz CT molecular complexity index is 12.1. The number of hydrogen-bond acceptors (Lipinski definition) is 0. The van der Waals surface area contributed by atoms with Gasteiger partial charge in [0.1, 0.15) is 0 Å². The van der Waals surface area contributed by atoms with Crippen LogP contribution in [0.15, 0.2) is 0 Å². The Labute approximate surface area is 40.3 Å². The molecule has 0 atom stereocenters. The molecule has 0 spiro atoms. The van der Waals surface area contributed by atoms with Crippen LogP contribution in [0.1, 0.15) is 17.6 Å². The van der Waals surface area contributed by atoms with E-state index in [4.69, 9.17) is 0 Å². The van der Waals surface area contributed by atoms with E-state index < -0.39 is 0 Å². The van der Waals surface area contributed by atoms with E-state index in [-0.39, 0.29) is 4.28 Å². The molecule has 0 saturated carbocycles. The molecule has 0 saturated heterocycles. The average Bonchev–Trinajstić information content (AvgIpc) is 1.37. The number of rotatable bonds is 1. The Morgan fingerprint density at radius 3 is 2.25 bits per heavy atom. The van der Waals surface area contributed by atoms with Crippen molar-refractivity contribution in [1.29, 1.82) is 0 Å². The molecule has 0 nitrogen and oxygen atoms in total. The normalized spacial score (nSPS) is 8.25. The van der Waals surface area contributed by atoms with Crippen molar-refractivity contribution in [2.75, 3.05) is 0 Å². The van der Waals surface area contributed by atoms with Crippen LogP contribution >= 0.6 is 0 Å². The summed E-state index contributed by atoms with van der Waals surface area (Å²) in [4.78, 5) is 0. The molecule has 0 radical (unpaired) electrons. The van der Waals surface area contributed by atoms with E-state index in [2.05, 4.69) is 6.92 Å². The average molecular weight is 122 g/mol. The van der Waals surface area contributed by atoms with Gasteiger partial charge in [-0.3, -0.25) is 0 Å². The smallest absolute Gasteiger partial charge is 1.00 e. The summed E-state index contributed by atoms with van der Waals surface area (Å²) in [5.41, 5.74) is 0. The van der Waals surface area contributed by atoms with Crippen molar-refractivity contribution in [2.45, 2.75) is 18.6 Å². The second kappa shape index (κ2) is 3.54. The van der Waals surface area contributed by atoms with Gasteiger partial charge in [-0.15, -0.1) is 0 Å². The zero-order valence-corrected chi connectivity index (χ0v) is 7.61. The first-order valence-electron chi connectivity index (χ1n) is 1.91. The minimum atomic E-state index is 0. The van der Waals surface area contributed by atoms with Crippen LogP contribution in [0.25, 0.3) is 0 Å². The van der Waals surface area contributed by atoms with Crippen molar-refractivity contribution >= 4 is 16.5 Å². The zero-order chi connectivity index (χ0) is 3.41. The van der Waals surface area contributed by atoms with E-state index in [0.29, 0.717) is 0 Å². The molecule has 0 amide bonds. The molecule has 0 unspecified atom stereocenters. The van der Waals surface area contributed by atoms with Gasteiger partial charge in [0.05, 0.1) is 0 Å². The third-order valence-corrected chi connectivity index (χ3v) is 2.60. The molecule has 0 fully saturated rings. The van der Waals surface area contributed by atoms with Gasteiger partial charge in [0.2, 0.25) is 0 Å². The third kappa shape index (κ3) is 2.54. The van der Waals surface area contributed by atoms with Crippen LogP contribution in [0.5, 0.6) is 0 Å². The summed E-state index contributed by atoms with van der Waals surface area (Å²) in [6.45, 7) is 2.23. The van der Waals surface area contributed by atoms with Gasteiger partial charge >= 0.3 is 35.1 Å². The second-order valence-electron chi connectivity index (χ2n) is 1.000. The first-order valence-corrected chi connectivity index (χ1v) is 4.88. The molecule has 1 heteroatoms. The van der Waals surface area contributed by atoms with Crippen LogP contribution < -0.4 is 0 Å². The summed E-state index contributed by atoms with van der Waals surface area (Å²) in [5.74, 6) is 0. The van der Waals surface area contributed by atoms with Crippen molar-refractivity contribution in [3.05, 3.63) is 0 Å². The first-order chi connectivity index (χ1) is 1.91.